The van der Waals surface area contributed by atoms with Crippen molar-refractivity contribution in [1.82, 2.24) is 5.32 Å². The standard InChI is InChI=1S/C24H23ClN2O5S/c1-16(18-5-12-22-23(15-18)32-14-13-31-22)26-24(28)17-3-8-20(9-4-17)27(2)33(29,30)21-10-6-19(25)7-11-21/h3-12,15-16H,13-14H2,1-2H3,(H,26,28)/t16-/m0/s1. The fourth-order valence-corrected chi connectivity index (χ4v) is 4.74. The highest BCUT2D eigenvalue weighted by molar-refractivity contribution is 7.92. The van der Waals surface area contributed by atoms with E-state index in [1.807, 2.05) is 25.1 Å². The SMILES string of the molecule is C[C@H](NC(=O)c1ccc(N(C)S(=O)(=O)c2ccc(Cl)cc2)cc1)c1ccc2c(c1)OCCO2. The molecular formula is C24H23ClN2O5S. The number of halogens is 1. The molecule has 0 saturated carbocycles. The van der Waals surface area contributed by atoms with Gasteiger partial charge in [-0.15, -0.1) is 0 Å². The lowest BCUT2D eigenvalue weighted by molar-refractivity contribution is 0.0939. The minimum absolute atomic E-state index is 0.129. The fraction of sp³-hybridized carbons (Fsp3) is 0.208. The van der Waals surface area contributed by atoms with Crippen LogP contribution < -0.4 is 19.1 Å². The molecule has 1 aliphatic heterocycles. The van der Waals surface area contributed by atoms with E-state index in [2.05, 4.69) is 5.32 Å². The lowest BCUT2D eigenvalue weighted by Crippen LogP contribution is -2.28. The maximum Gasteiger partial charge on any atom is 0.264 e. The molecule has 172 valence electrons. The van der Waals surface area contributed by atoms with Crippen molar-refractivity contribution in [3.8, 4) is 11.5 Å². The Kier molecular flexibility index (Phi) is 6.49. The molecule has 0 bridgehead atoms. The normalized spacial score (nSPS) is 13.8. The second-order valence-electron chi connectivity index (χ2n) is 7.57. The van der Waals surface area contributed by atoms with Gasteiger partial charge >= 0.3 is 0 Å². The van der Waals surface area contributed by atoms with Crippen molar-refractivity contribution in [2.45, 2.75) is 17.9 Å². The number of sulfonamides is 1. The first-order chi connectivity index (χ1) is 15.8. The monoisotopic (exact) mass is 486 g/mol. The molecule has 7 nitrogen and oxygen atoms in total. The molecule has 1 aliphatic rings. The molecule has 0 spiro atoms. The van der Waals surface area contributed by atoms with Gasteiger partial charge < -0.3 is 14.8 Å². The Morgan fingerprint density at radius 1 is 0.970 bits per heavy atom. The highest BCUT2D eigenvalue weighted by Crippen LogP contribution is 2.32. The molecule has 1 heterocycles. The second kappa shape index (κ2) is 9.33. The lowest BCUT2D eigenvalue weighted by Gasteiger charge is -2.21. The highest BCUT2D eigenvalue weighted by Gasteiger charge is 2.22. The Morgan fingerprint density at radius 3 is 2.27 bits per heavy atom. The van der Waals surface area contributed by atoms with Crippen LogP contribution in [0.15, 0.2) is 71.6 Å². The molecule has 3 aromatic carbocycles. The van der Waals surface area contributed by atoms with Crippen molar-refractivity contribution in [3.63, 3.8) is 0 Å². The largest absolute Gasteiger partial charge is 0.486 e. The summed E-state index contributed by atoms with van der Waals surface area (Å²) in [4.78, 5) is 12.9. The Bertz CT molecular complexity index is 1260. The van der Waals surface area contributed by atoms with Crippen molar-refractivity contribution >= 4 is 33.2 Å². The van der Waals surface area contributed by atoms with Crippen LogP contribution >= 0.6 is 11.6 Å². The summed E-state index contributed by atoms with van der Waals surface area (Å²) < 4.78 is 38.0. The highest BCUT2D eigenvalue weighted by atomic mass is 35.5. The van der Waals surface area contributed by atoms with E-state index in [9.17, 15) is 13.2 Å². The van der Waals surface area contributed by atoms with Gasteiger partial charge in [0.2, 0.25) is 0 Å². The van der Waals surface area contributed by atoms with E-state index in [-0.39, 0.29) is 16.8 Å². The molecule has 0 fully saturated rings. The van der Waals surface area contributed by atoms with Gasteiger partial charge in [-0.1, -0.05) is 17.7 Å². The Labute approximate surface area is 197 Å². The number of hydrogen-bond acceptors (Lipinski definition) is 5. The van der Waals surface area contributed by atoms with Gasteiger partial charge in [0.15, 0.2) is 11.5 Å². The number of fused-ring (bicyclic) bond motifs is 1. The first-order valence-corrected chi connectivity index (χ1v) is 12.1. The number of amides is 1. The van der Waals surface area contributed by atoms with Crippen LogP contribution in [-0.4, -0.2) is 34.6 Å². The van der Waals surface area contributed by atoms with E-state index in [0.717, 1.165) is 9.87 Å². The fourth-order valence-electron chi connectivity index (χ4n) is 3.42. The summed E-state index contributed by atoms with van der Waals surface area (Å²) >= 11 is 5.85. The number of nitrogens with zero attached hydrogens (tertiary/aromatic N) is 1. The zero-order chi connectivity index (χ0) is 23.6. The molecule has 4 rings (SSSR count). The van der Waals surface area contributed by atoms with Crippen LogP contribution in [0.3, 0.4) is 0 Å². The Balaban J connectivity index is 1.45. The minimum Gasteiger partial charge on any atom is -0.486 e. The van der Waals surface area contributed by atoms with Crippen molar-refractivity contribution in [1.29, 1.82) is 0 Å². The molecule has 0 radical (unpaired) electrons. The van der Waals surface area contributed by atoms with Crippen LogP contribution in [0.5, 0.6) is 11.5 Å². The van der Waals surface area contributed by atoms with Crippen LogP contribution in [0, 0.1) is 0 Å². The van der Waals surface area contributed by atoms with Crippen molar-refractivity contribution in [2.75, 3.05) is 24.6 Å². The average molecular weight is 487 g/mol. The Hall–Kier alpha value is -3.23. The third-order valence-corrected chi connectivity index (χ3v) is 7.43. The summed E-state index contributed by atoms with van der Waals surface area (Å²) in [7, 11) is -2.29. The minimum atomic E-state index is -3.75. The summed E-state index contributed by atoms with van der Waals surface area (Å²) in [6, 6.07) is 17.6. The molecule has 3 aromatic rings. The molecule has 1 N–H and O–H groups in total. The summed E-state index contributed by atoms with van der Waals surface area (Å²) in [5.74, 6) is 1.08. The molecular weight excluding hydrogens is 464 g/mol. The van der Waals surface area contributed by atoms with Gasteiger partial charge in [0.05, 0.1) is 16.6 Å². The lowest BCUT2D eigenvalue weighted by atomic mass is 10.1. The van der Waals surface area contributed by atoms with E-state index in [4.69, 9.17) is 21.1 Å². The van der Waals surface area contributed by atoms with Crippen molar-refractivity contribution < 1.29 is 22.7 Å². The molecule has 1 amide bonds. The zero-order valence-corrected chi connectivity index (χ0v) is 19.7. The number of benzene rings is 3. The summed E-state index contributed by atoms with van der Waals surface area (Å²) in [5, 5.41) is 3.41. The summed E-state index contributed by atoms with van der Waals surface area (Å²) in [5.41, 5.74) is 1.74. The first kappa shape index (κ1) is 22.9. The molecule has 9 heteroatoms. The molecule has 0 unspecified atom stereocenters. The number of carbonyl (C=O) groups excluding carboxylic acids is 1. The quantitative estimate of drug-likeness (QED) is 0.557. The Morgan fingerprint density at radius 2 is 1.61 bits per heavy atom. The summed E-state index contributed by atoms with van der Waals surface area (Å²) in [6.45, 7) is 2.89. The number of rotatable bonds is 6. The summed E-state index contributed by atoms with van der Waals surface area (Å²) in [6.07, 6.45) is 0. The van der Waals surface area contributed by atoms with Crippen molar-refractivity contribution in [3.05, 3.63) is 82.9 Å². The predicted molar refractivity (Wildman–Crippen MR) is 127 cm³/mol. The maximum atomic E-state index is 12.9. The van der Waals surface area contributed by atoms with Gasteiger partial charge in [-0.25, -0.2) is 8.42 Å². The number of nitrogens with one attached hydrogen (secondary N) is 1. The third kappa shape index (κ3) is 4.91. The van der Waals surface area contributed by atoms with Gasteiger partial charge in [0.1, 0.15) is 13.2 Å². The van der Waals surface area contributed by atoms with Gasteiger partial charge in [-0.05, 0) is 73.2 Å². The average Bonchev–Trinajstić information content (AvgIpc) is 2.83. The molecule has 1 atom stereocenters. The smallest absolute Gasteiger partial charge is 0.264 e. The number of ether oxygens (including phenoxy) is 2. The van der Waals surface area contributed by atoms with Crippen molar-refractivity contribution in [2.24, 2.45) is 0 Å². The number of anilines is 1. The van der Waals surface area contributed by atoms with E-state index >= 15 is 0 Å². The van der Waals surface area contributed by atoms with E-state index in [1.54, 1.807) is 24.3 Å². The van der Waals surface area contributed by atoms with Crippen LogP contribution in [0.2, 0.25) is 5.02 Å². The maximum absolute atomic E-state index is 12.9. The van der Waals surface area contributed by atoms with Gasteiger partial charge in [0.25, 0.3) is 15.9 Å². The second-order valence-corrected chi connectivity index (χ2v) is 9.98. The predicted octanol–water partition coefficient (Wildman–Crippen LogP) is 4.43. The van der Waals surface area contributed by atoms with Crippen LogP contribution in [-0.2, 0) is 10.0 Å². The molecule has 0 saturated heterocycles. The molecule has 0 aliphatic carbocycles. The van der Waals surface area contributed by atoms with Crippen LogP contribution in [0.25, 0.3) is 0 Å². The molecule has 0 aromatic heterocycles. The van der Waals surface area contributed by atoms with Crippen LogP contribution in [0.4, 0.5) is 5.69 Å². The van der Waals surface area contributed by atoms with Gasteiger partial charge in [-0.2, -0.15) is 0 Å². The first-order valence-electron chi connectivity index (χ1n) is 10.3. The van der Waals surface area contributed by atoms with E-state index < -0.39 is 10.0 Å². The van der Waals surface area contributed by atoms with Crippen LogP contribution in [0.1, 0.15) is 28.9 Å². The molecule has 33 heavy (non-hydrogen) atoms. The number of carbonyl (C=O) groups is 1. The number of hydrogen-bond donors (Lipinski definition) is 1. The van der Waals surface area contributed by atoms with E-state index in [0.29, 0.717) is 41.0 Å². The van der Waals surface area contributed by atoms with E-state index in [1.165, 1.54) is 31.3 Å². The zero-order valence-electron chi connectivity index (χ0n) is 18.1. The van der Waals surface area contributed by atoms with Gasteiger partial charge in [-0.3, -0.25) is 9.10 Å². The topological polar surface area (TPSA) is 84.9 Å². The van der Waals surface area contributed by atoms with Gasteiger partial charge in [0, 0.05) is 17.6 Å². The third-order valence-electron chi connectivity index (χ3n) is 5.38.